The molecule has 128 valence electrons. The molecule has 1 heterocycles. The van der Waals surface area contributed by atoms with Crippen LogP contribution in [0.4, 0.5) is 18.0 Å². The third-order valence-corrected chi connectivity index (χ3v) is 3.62. The van der Waals surface area contributed by atoms with E-state index in [4.69, 9.17) is 9.47 Å². The normalized spacial score (nSPS) is 21.6. The molecule has 1 aromatic rings. The number of pyridine rings is 1. The molecule has 1 N–H and O–H groups in total. The van der Waals surface area contributed by atoms with E-state index in [-0.39, 0.29) is 18.0 Å². The highest BCUT2D eigenvalue weighted by atomic mass is 19.4. The van der Waals surface area contributed by atoms with Crippen LogP contribution in [-0.2, 0) is 10.9 Å². The van der Waals surface area contributed by atoms with Crippen LogP contribution in [0.2, 0.25) is 0 Å². The molecule has 0 radical (unpaired) electrons. The Bertz CT molecular complexity index is 512. The quantitative estimate of drug-likeness (QED) is 0.916. The number of hydrogen-bond donors (Lipinski definition) is 1. The van der Waals surface area contributed by atoms with Crippen LogP contribution < -0.4 is 10.1 Å². The van der Waals surface area contributed by atoms with Crippen molar-refractivity contribution in [2.45, 2.75) is 50.9 Å². The molecule has 2 rings (SSSR count). The predicted molar refractivity (Wildman–Crippen MR) is 76.1 cm³/mol. The molecule has 0 spiro atoms. The Morgan fingerprint density at radius 3 is 2.52 bits per heavy atom. The molecule has 1 aromatic heterocycles. The first-order valence-corrected chi connectivity index (χ1v) is 7.51. The van der Waals surface area contributed by atoms with Crippen molar-refractivity contribution < 1.29 is 27.4 Å². The van der Waals surface area contributed by atoms with Crippen LogP contribution in [0.5, 0.6) is 5.88 Å². The number of alkyl halides is 3. The molecule has 0 saturated heterocycles. The van der Waals surface area contributed by atoms with Gasteiger partial charge in [-0.15, -0.1) is 0 Å². The van der Waals surface area contributed by atoms with Crippen molar-refractivity contribution in [2.24, 2.45) is 0 Å². The van der Waals surface area contributed by atoms with Gasteiger partial charge in [0, 0.05) is 18.3 Å². The van der Waals surface area contributed by atoms with Crippen LogP contribution in [0, 0.1) is 0 Å². The monoisotopic (exact) mass is 332 g/mol. The van der Waals surface area contributed by atoms with Gasteiger partial charge in [-0.3, -0.25) is 0 Å². The number of amides is 1. The lowest BCUT2D eigenvalue weighted by Crippen LogP contribution is -2.40. The van der Waals surface area contributed by atoms with Crippen molar-refractivity contribution in [3.05, 3.63) is 23.9 Å². The summed E-state index contributed by atoms with van der Waals surface area (Å²) in [6.45, 7) is 2.06. The minimum absolute atomic E-state index is 0.0365. The molecule has 23 heavy (non-hydrogen) atoms. The highest BCUT2D eigenvalue weighted by Crippen LogP contribution is 2.30. The molecule has 5 nitrogen and oxygen atoms in total. The number of hydrogen-bond acceptors (Lipinski definition) is 4. The summed E-state index contributed by atoms with van der Waals surface area (Å²) < 4.78 is 47.8. The lowest BCUT2D eigenvalue weighted by atomic mass is 9.93. The van der Waals surface area contributed by atoms with E-state index in [0.717, 1.165) is 25.1 Å². The minimum atomic E-state index is -4.40. The molecule has 1 aliphatic rings. The number of aromatic nitrogens is 1. The zero-order chi connectivity index (χ0) is 16.9. The number of nitrogens with one attached hydrogen (secondary N) is 1. The largest absolute Gasteiger partial charge is 0.474 e. The predicted octanol–water partition coefficient (Wildman–Crippen LogP) is 3.54. The van der Waals surface area contributed by atoms with Crippen molar-refractivity contribution in [1.82, 2.24) is 10.3 Å². The van der Waals surface area contributed by atoms with Crippen LogP contribution in [-0.4, -0.2) is 29.8 Å². The van der Waals surface area contributed by atoms with Crippen LogP contribution in [0.25, 0.3) is 0 Å². The minimum Gasteiger partial charge on any atom is -0.474 e. The van der Waals surface area contributed by atoms with Crippen LogP contribution >= 0.6 is 0 Å². The number of alkyl carbamates (subject to hydrolysis) is 1. The smallest absolute Gasteiger partial charge is 0.417 e. The van der Waals surface area contributed by atoms with E-state index in [2.05, 4.69) is 10.3 Å². The van der Waals surface area contributed by atoms with Gasteiger partial charge in [0.25, 0.3) is 0 Å². The molecular weight excluding hydrogens is 313 g/mol. The first-order valence-electron chi connectivity index (χ1n) is 7.51. The van der Waals surface area contributed by atoms with Crippen molar-refractivity contribution in [2.75, 3.05) is 6.61 Å². The SMILES string of the molecule is CCOC(=O)NC1CCC(Oc2ccc(C(F)(F)F)cn2)CC1. The summed E-state index contributed by atoms with van der Waals surface area (Å²) in [5.41, 5.74) is -0.799. The molecule has 0 aromatic carbocycles. The van der Waals surface area contributed by atoms with E-state index in [0.29, 0.717) is 19.4 Å². The second-order valence-corrected chi connectivity index (χ2v) is 5.34. The summed E-state index contributed by atoms with van der Waals surface area (Å²) in [7, 11) is 0. The van der Waals surface area contributed by atoms with Crippen molar-refractivity contribution >= 4 is 6.09 Å². The van der Waals surface area contributed by atoms with Crippen molar-refractivity contribution in [1.29, 1.82) is 0 Å². The molecular formula is C15H19F3N2O3. The van der Waals surface area contributed by atoms with Gasteiger partial charge in [0.2, 0.25) is 5.88 Å². The first kappa shape index (κ1) is 17.4. The molecule has 0 unspecified atom stereocenters. The third kappa shape index (κ3) is 5.30. The first-order chi connectivity index (χ1) is 10.9. The molecule has 1 saturated carbocycles. The molecule has 1 aliphatic carbocycles. The second-order valence-electron chi connectivity index (χ2n) is 5.34. The Kier molecular flexibility index (Phi) is 5.68. The summed E-state index contributed by atoms with van der Waals surface area (Å²) >= 11 is 0. The molecule has 1 fully saturated rings. The standard InChI is InChI=1S/C15H19F3N2O3/c1-2-22-14(21)20-11-4-6-12(7-5-11)23-13-8-3-10(9-19-13)15(16,17)18/h3,8-9,11-12H,2,4-7H2,1H3,(H,20,21). The summed E-state index contributed by atoms with van der Waals surface area (Å²) in [6, 6.07) is 2.22. The van der Waals surface area contributed by atoms with Gasteiger partial charge in [-0.25, -0.2) is 9.78 Å². The second kappa shape index (κ2) is 7.52. The lowest BCUT2D eigenvalue weighted by Gasteiger charge is -2.28. The van der Waals surface area contributed by atoms with Gasteiger partial charge in [0.1, 0.15) is 6.10 Å². The van der Waals surface area contributed by atoms with Gasteiger partial charge in [-0.2, -0.15) is 13.2 Å². The summed E-state index contributed by atoms with van der Waals surface area (Å²) in [5.74, 6) is 0.180. The van der Waals surface area contributed by atoms with E-state index in [1.54, 1.807) is 6.92 Å². The van der Waals surface area contributed by atoms with Crippen LogP contribution in [0.15, 0.2) is 18.3 Å². The third-order valence-electron chi connectivity index (χ3n) is 3.62. The van der Waals surface area contributed by atoms with Gasteiger partial charge in [0.05, 0.1) is 12.2 Å². The topological polar surface area (TPSA) is 60.5 Å². The molecule has 8 heteroatoms. The van der Waals surface area contributed by atoms with Crippen molar-refractivity contribution in [3.63, 3.8) is 0 Å². The zero-order valence-corrected chi connectivity index (χ0v) is 12.7. The average molecular weight is 332 g/mol. The van der Waals surface area contributed by atoms with E-state index < -0.39 is 17.8 Å². The lowest BCUT2D eigenvalue weighted by molar-refractivity contribution is -0.137. The molecule has 0 aliphatic heterocycles. The number of carbonyl (C=O) groups is 1. The Hall–Kier alpha value is -1.99. The van der Waals surface area contributed by atoms with E-state index in [1.807, 2.05) is 0 Å². The molecule has 0 bridgehead atoms. The van der Waals surface area contributed by atoms with Gasteiger partial charge < -0.3 is 14.8 Å². The van der Waals surface area contributed by atoms with Gasteiger partial charge in [-0.05, 0) is 38.7 Å². The van der Waals surface area contributed by atoms with E-state index in [9.17, 15) is 18.0 Å². The van der Waals surface area contributed by atoms with Gasteiger partial charge in [-0.1, -0.05) is 0 Å². The van der Waals surface area contributed by atoms with E-state index in [1.165, 1.54) is 6.07 Å². The Balaban J connectivity index is 1.79. The summed E-state index contributed by atoms with van der Waals surface area (Å²) in [5, 5.41) is 2.77. The number of ether oxygens (including phenoxy) is 2. The fraction of sp³-hybridized carbons (Fsp3) is 0.600. The molecule has 1 amide bonds. The maximum Gasteiger partial charge on any atom is 0.417 e. The maximum absolute atomic E-state index is 12.5. The number of halogens is 3. The van der Waals surface area contributed by atoms with Crippen LogP contribution in [0.1, 0.15) is 38.2 Å². The van der Waals surface area contributed by atoms with Crippen molar-refractivity contribution in [3.8, 4) is 5.88 Å². The maximum atomic E-state index is 12.5. The fourth-order valence-corrected chi connectivity index (χ4v) is 2.45. The number of rotatable bonds is 4. The highest BCUT2D eigenvalue weighted by Gasteiger charge is 2.31. The Labute approximate surface area is 132 Å². The Morgan fingerprint density at radius 2 is 2.00 bits per heavy atom. The number of carbonyl (C=O) groups excluding carboxylic acids is 1. The van der Waals surface area contributed by atoms with E-state index >= 15 is 0 Å². The Morgan fingerprint density at radius 1 is 1.30 bits per heavy atom. The average Bonchev–Trinajstić information content (AvgIpc) is 2.49. The number of nitrogens with zero attached hydrogens (tertiary/aromatic N) is 1. The zero-order valence-electron chi connectivity index (χ0n) is 12.7. The summed E-state index contributed by atoms with van der Waals surface area (Å²) in [4.78, 5) is 15.0. The van der Waals surface area contributed by atoms with Gasteiger partial charge in [0.15, 0.2) is 0 Å². The van der Waals surface area contributed by atoms with Crippen LogP contribution in [0.3, 0.4) is 0 Å². The van der Waals surface area contributed by atoms with Gasteiger partial charge >= 0.3 is 12.3 Å². The summed E-state index contributed by atoms with van der Waals surface area (Å²) in [6.07, 6.45) is -1.33. The fourth-order valence-electron chi connectivity index (χ4n) is 2.45. The highest BCUT2D eigenvalue weighted by molar-refractivity contribution is 5.67. The molecule has 0 atom stereocenters.